The monoisotopic (exact) mass is 379 g/mol. The third-order valence-electron chi connectivity index (χ3n) is 6.31. The van der Waals surface area contributed by atoms with Crippen LogP contribution >= 0.6 is 0 Å². The van der Waals surface area contributed by atoms with Crippen LogP contribution in [0.1, 0.15) is 55.6 Å². The van der Waals surface area contributed by atoms with E-state index in [2.05, 4.69) is 41.7 Å². The van der Waals surface area contributed by atoms with E-state index >= 15 is 0 Å². The SMILES string of the molecule is O=C(NC(CCO)C1CCCCC1)OCC1c2ccccc2-c2ccccc21. The number of ether oxygens (including phenoxy) is 1. The summed E-state index contributed by atoms with van der Waals surface area (Å²) in [6.07, 6.45) is 6.15. The molecular weight excluding hydrogens is 350 g/mol. The van der Waals surface area contributed by atoms with E-state index < -0.39 is 0 Å². The molecule has 0 spiro atoms. The number of hydrogen-bond donors (Lipinski definition) is 2. The Balaban J connectivity index is 1.41. The van der Waals surface area contributed by atoms with Crippen molar-refractivity contribution in [1.82, 2.24) is 5.32 Å². The van der Waals surface area contributed by atoms with Crippen LogP contribution in [0.2, 0.25) is 0 Å². The first-order chi connectivity index (χ1) is 13.8. The maximum Gasteiger partial charge on any atom is 0.407 e. The zero-order valence-electron chi connectivity index (χ0n) is 16.3. The Morgan fingerprint density at radius 2 is 1.61 bits per heavy atom. The maximum atomic E-state index is 12.5. The molecule has 4 heteroatoms. The molecule has 4 nitrogen and oxygen atoms in total. The highest BCUT2D eigenvalue weighted by atomic mass is 16.5. The van der Waals surface area contributed by atoms with Crippen molar-refractivity contribution in [2.75, 3.05) is 13.2 Å². The zero-order chi connectivity index (χ0) is 19.3. The molecule has 2 aromatic rings. The molecule has 1 atom stereocenters. The summed E-state index contributed by atoms with van der Waals surface area (Å²) in [5.74, 6) is 0.519. The first-order valence-electron chi connectivity index (χ1n) is 10.5. The van der Waals surface area contributed by atoms with Gasteiger partial charge in [0, 0.05) is 18.6 Å². The van der Waals surface area contributed by atoms with Crippen molar-refractivity contribution in [3.05, 3.63) is 59.7 Å². The molecule has 1 amide bonds. The zero-order valence-corrected chi connectivity index (χ0v) is 16.3. The third-order valence-corrected chi connectivity index (χ3v) is 6.31. The van der Waals surface area contributed by atoms with Crippen LogP contribution in [-0.4, -0.2) is 30.5 Å². The number of alkyl carbamates (subject to hydrolysis) is 1. The van der Waals surface area contributed by atoms with E-state index in [0.29, 0.717) is 18.9 Å². The average Bonchev–Trinajstić information content (AvgIpc) is 3.06. The Bertz CT molecular complexity index is 768. The predicted molar refractivity (Wildman–Crippen MR) is 110 cm³/mol. The second-order valence-corrected chi connectivity index (χ2v) is 7.99. The van der Waals surface area contributed by atoms with E-state index in [4.69, 9.17) is 4.74 Å². The quantitative estimate of drug-likeness (QED) is 0.754. The topological polar surface area (TPSA) is 58.6 Å². The van der Waals surface area contributed by atoms with Gasteiger partial charge in [-0.3, -0.25) is 0 Å². The number of carbonyl (C=O) groups is 1. The lowest BCUT2D eigenvalue weighted by Gasteiger charge is -2.30. The molecule has 0 aromatic heterocycles. The van der Waals surface area contributed by atoms with Gasteiger partial charge in [0.15, 0.2) is 0 Å². The number of rotatable bonds is 6. The molecule has 0 saturated heterocycles. The van der Waals surface area contributed by atoms with Crippen LogP contribution in [0, 0.1) is 5.92 Å². The second kappa shape index (κ2) is 8.78. The summed E-state index contributed by atoms with van der Waals surface area (Å²) in [5.41, 5.74) is 4.89. The summed E-state index contributed by atoms with van der Waals surface area (Å²) < 4.78 is 5.68. The summed E-state index contributed by atoms with van der Waals surface area (Å²) in [4.78, 5) is 12.5. The molecular formula is C24H29NO3. The van der Waals surface area contributed by atoms with Crippen molar-refractivity contribution < 1.29 is 14.6 Å². The normalized spacial score (nSPS) is 17.6. The van der Waals surface area contributed by atoms with Crippen LogP contribution in [0.4, 0.5) is 4.79 Å². The van der Waals surface area contributed by atoms with Crippen molar-refractivity contribution in [3.63, 3.8) is 0 Å². The molecule has 1 fully saturated rings. The molecule has 2 aromatic carbocycles. The Morgan fingerprint density at radius 3 is 2.21 bits per heavy atom. The van der Waals surface area contributed by atoms with E-state index in [0.717, 1.165) is 12.8 Å². The molecule has 0 heterocycles. The lowest BCUT2D eigenvalue weighted by atomic mass is 9.83. The number of amides is 1. The molecule has 0 aliphatic heterocycles. The predicted octanol–water partition coefficient (Wildman–Crippen LogP) is 4.86. The summed E-state index contributed by atoms with van der Waals surface area (Å²) in [7, 11) is 0. The fraction of sp³-hybridized carbons (Fsp3) is 0.458. The molecule has 1 saturated carbocycles. The number of carbonyl (C=O) groups excluding carboxylic acids is 1. The summed E-state index contributed by atoms with van der Waals surface area (Å²) >= 11 is 0. The van der Waals surface area contributed by atoms with Crippen molar-refractivity contribution in [2.45, 2.75) is 50.5 Å². The molecule has 2 N–H and O–H groups in total. The largest absolute Gasteiger partial charge is 0.449 e. The highest BCUT2D eigenvalue weighted by molar-refractivity contribution is 5.79. The summed E-state index contributed by atoms with van der Waals surface area (Å²) in [6, 6.07) is 16.7. The molecule has 4 rings (SSSR count). The maximum absolute atomic E-state index is 12.5. The number of benzene rings is 2. The van der Waals surface area contributed by atoms with E-state index in [1.54, 1.807) is 0 Å². The molecule has 148 valence electrons. The van der Waals surface area contributed by atoms with E-state index in [1.807, 2.05) is 12.1 Å². The summed E-state index contributed by atoms with van der Waals surface area (Å²) in [5, 5.41) is 12.4. The second-order valence-electron chi connectivity index (χ2n) is 7.99. The minimum Gasteiger partial charge on any atom is -0.449 e. The number of hydrogen-bond acceptors (Lipinski definition) is 3. The van der Waals surface area contributed by atoms with Gasteiger partial charge in [-0.1, -0.05) is 67.8 Å². The van der Waals surface area contributed by atoms with Gasteiger partial charge in [-0.2, -0.15) is 0 Å². The van der Waals surface area contributed by atoms with Gasteiger partial charge in [0.1, 0.15) is 6.61 Å². The van der Waals surface area contributed by atoms with Gasteiger partial charge in [0.05, 0.1) is 0 Å². The third kappa shape index (κ3) is 3.93. The van der Waals surface area contributed by atoms with Crippen LogP contribution < -0.4 is 5.32 Å². The van der Waals surface area contributed by atoms with Gasteiger partial charge in [0.25, 0.3) is 0 Å². The number of aliphatic hydroxyl groups excluding tert-OH is 1. The molecule has 1 unspecified atom stereocenters. The van der Waals surface area contributed by atoms with Crippen LogP contribution in [0.3, 0.4) is 0 Å². The first kappa shape index (κ1) is 19.0. The molecule has 2 aliphatic carbocycles. The van der Waals surface area contributed by atoms with Gasteiger partial charge in [0.2, 0.25) is 0 Å². The van der Waals surface area contributed by atoms with Crippen molar-refractivity contribution in [2.24, 2.45) is 5.92 Å². The van der Waals surface area contributed by atoms with Gasteiger partial charge < -0.3 is 15.2 Å². The minimum absolute atomic E-state index is 0.000880. The lowest BCUT2D eigenvalue weighted by Crippen LogP contribution is -2.42. The molecule has 2 aliphatic rings. The summed E-state index contributed by atoms with van der Waals surface area (Å²) in [6.45, 7) is 0.418. The highest BCUT2D eigenvalue weighted by Crippen LogP contribution is 2.44. The van der Waals surface area contributed by atoms with Crippen molar-refractivity contribution >= 4 is 6.09 Å². The molecule has 28 heavy (non-hydrogen) atoms. The van der Waals surface area contributed by atoms with E-state index in [1.165, 1.54) is 41.5 Å². The van der Waals surface area contributed by atoms with Gasteiger partial charge >= 0.3 is 6.09 Å². The molecule has 0 bridgehead atoms. The molecule has 0 radical (unpaired) electrons. The number of aliphatic hydroxyl groups is 1. The van der Waals surface area contributed by atoms with Crippen LogP contribution in [0.25, 0.3) is 11.1 Å². The van der Waals surface area contributed by atoms with E-state index in [9.17, 15) is 9.90 Å². The smallest absolute Gasteiger partial charge is 0.407 e. The minimum atomic E-state index is -0.370. The van der Waals surface area contributed by atoms with Crippen molar-refractivity contribution in [3.8, 4) is 11.1 Å². The number of nitrogens with one attached hydrogen (secondary N) is 1. The fourth-order valence-electron chi connectivity index (χ4n) is 4.89. The Hall–Kier alpha value is -2.33. The number of fused-ring (bicyclic) bond motifs is 3. The highest BCUT2D eigenvalue weighted by Gasteiger charge is 2.30. The van der Waals surface area contributed by atoms with E-state index in [-0.39, 0.29) is 24.7 Å². The Labute approximate surface area is 166 Å². The Morgan fingerprint density at radius 1 is 1.00 bits per heavy atom. The van der Waals surface area contributed by atoms with Crippen LogP contribution in [-0.2, 0) is 4.74 Å². The van der Waals surface area contributed by atoms with Gasteiger partial charge in [-0.25, -0.2) is 4.79 Å². The van der Waals surface area contributed by atoms with Crippen LogP contribution in [0.5, 0.6) is 0 Å². The fourth-order valence-corrected chi connectivity index (χ4v) is 4.89. The Kier molecular flexibility index (Phi) is 5.96. The lowest BCUT2D eigenvalue weighted by molar-refractivity contribution is 0.127. The van der Waals surface area contributed by atoms with Crippen molar-refractivity contribution in [1.29, 1.82) is 0 Å². The first-order valence-corrected chi connectivity index (χ1v) is 10.5. The van der Waals surface area contributed by atoms with Crippen LogP contribution in [0.15, 0.2) is 48.5 Å². The average molecular weight is 380 g/mol. The van der Waals surface area contributed by atoms with Gasteiger partial charge in [-0.05, 0) is 47.4 Å². The standard InChI is InChI=1S/C24H29NO3/c26-15-14-23(17-8-2-1-3-9-17)25-24(27)28-16-22-20-12-6-4-10-18(20)19-11-5-7-13-21(19)22/h4-7,10-13,17,22-23,26H,1-3,8-9,14-16H2,(H,25,27). The van der Waals surface area contributed by atoms with Gasteiger partial charge in [-0.15, -0.1) is 0 Å².